The maximum absolute atomic E-state index is 9.45. The molecule has 0 spiro atoms. The summed E-state index contributed by atoms with van der Waals surface area (Å²) in [5.74, 6) is 0.221. The highest BCUT2D eigenvalue weighted by molar-refractivity contribution is 5.81. The number of aromatic nitrogens is 1. The van der Waals surface area contributed by atoms with Crippen molar-refractivity contribution in [1.29, 1.82) is 0 Å². The molecule has 0 saturated carbocycles. The van der Waals surface area contributed by atoms with Crippen molar-refractivity contribution in [2.24, 2.45) is 0 Å². The quantitative estimate of drug-likeness (QED) is 0.629. The molecule has 1 N–H and O–H groups in total. The van der Waals surface area contributed by atoms with E-state index in [1.807, 2.05) is 18.2 Å². The lowest BCUT2D eigenvalue weighted by molar-refractivity contribution is 0.432. The molecule has 2 rings (SSSR count). The van der Waals surface area contributed by atoms with Crippen molar-refractivity contribution in [2.75, 3.05) is 0 Å². The number of hydrogen-bond acceptors (Lipinski definition) is 1. The molecule has 1 aromatic carbocycles. The predicted octanol–water partition coefficient (Wildman–Crippen LogP) is 4.13. The van der Waals surface area contributed by atoms with Gasteiger partial charge in [0.2, 0.25) is 0 Å². The molecule has 0 amide bonds. The molecule has 2 aromatic rings. The van der Waals surface area contributed by atoms with Gasteiger partial charge in [0, 0.05) is 17.8 Å². The molecule has 1 heterocycles. The summed E-state index contributed by atoms with van der Waals surface area (Å²) in [6, 6.07) is 10.5. The van der Waals surface area contributed by atoms with E-state index < -0.39 is 0 Å². The molecule has 1 aromatic heterocycles. The second-order valence-electron chi connectivity index (χ2n) is 4.18. The van der Waals surface area contributed by atoms with Crippen LogP contribution in [-0.4, -0.2) is 9.67 Å². The van der Waals surface area contributed by atoms with Crippen LogP contribution in [0, 0.1) is 6.92 Å². The molecule has 2 nitrogen and oxygen atoms in total. The van der Waals surface area contributed by atoms with Gasteiger partial charge in [-0.25, -0.2) is 0 Å². The molecule has 0 bridgehead atoms. The van der Waals surface area contributed by atoms with Crippen molar-refractivity contribution in [3.05, 3.63) is 72.7 Å². The van der Waals surface area contributed by atoms with Gasteiger partial charge in [0.05, 0.1) is 0 Å². The first-order valence-electron chi connectivity index (χ1n) is 5.95. The first-order valence-corrected chi connectivity index (χ1v) is 5.95. The van der Waals surface area contributed by atoms with Gasteiger partial charge in [-0.3, -0.25) is 0 Å². The molecular formula is C16H17NO. The second-order valence-corrected chi connectivity index (χ2v) is 4.18. The predicted molar refractivity (Wildman–Crippen MR) is 76.7 cm³/mol. The van der Waals surface area contributed by atoms with Crippen molar-refractivity contribution in [2.45, 2.75) is 13.5 Å². The van der Waals surface area contributed by atoms with Gasteiger partial charge in [0.25, 0.3) is 0 Å². The van der Waals surface area contributed by atoms with Crippen LogP contribution in [-0.2, 0) is 6.54 Å². The maximum atomic E-state index is 9.45. The minimum absolute atomic E-state index is 0.221. The Bertz CT molecular complexity index is 617. The third kappa shape index (κ3) is 2.54. The Hall–Kier alpha value is -2.22. The van der Waals surface area contributed by atoms with Gasteiger partial charge in [0.1, 0.15) is 5.76 Å². The zero-order chi connectivity index (χ0) is 13.0. The van der Waals surface area contributed by atoms with E-state index in [0.717, 1.165) is 6.54 Å². The van der Waals surface area contributed by atoms with Crippen LogP contribution in [0.5, 0.6) is 0 Å². The third-order valence-electron chi connectivity index (χ3n) is 2.88. The summed E-state index contributed by atoms with van der Waals surface area (Å²) in [7, 11) is 0. The maximum Gasteiger partial charge on any atom is 0.115 e. The van der Waals surface area contributed by atoms with Crippen LogP contribution in [0.15, 0.2) is 67.0 Å². The standard InChI is InChI=1S/C16H17NO/c1-3-7-15(18)9-6-11-17-13(2)12-14-8-4-5-10-16(14)17/h3-10,12,18H,1,11H2,2H3/b9-6-,15-7+. The fraction of sp³-hybridized carbons (Fsp3) is 0.125. The van der Waals surface area contributed by atoms with E-state index in [1.165, 1.54) is 16.6 Å². The average Bonchev–Trinajstić information content (AvgIpc) is 2.66. The van der Waals surface area contributed by atoms with Gasteiger partial charge in [-0.15, -0.1) is 0 Å². The summed E-state index contributed by atoms with van der Waals surface area (Å²) >= 11 is 0. The Kier molecular flexibility index (Phi) is 3.68. The zero-order valence-electron chi connectivity index (χ0n) is 10.5. The SMILES string of the molecule is C=C/C=C(O)\C=C/Cn1c(C)cc2ccccc21. The van der Waals surface area contributed by atoms with Crippen molar-refractivity contribution >= 4 is 10.9 Å². The molecular weight excluding hydrogens is 222 g/mol. The van der Waals surface area contributed by atoms with Gasteiger partial charge in [-0.1, -0.05) is 36.9 Å². The number of fused-ring (bicyclic) bond motifs is 1. The minimum atomic E-state index is 0.221. The number of para-hydroxylation sites is 1. The Balaban J connectivity index is 2.24. The van der Waals surface area contributed by atoms with E-state index in [9.17, 15) is 5.11 Å². The van der Waals surface area contributed by atoms with Crippen LogP contribution in [0.25, 0.3) is 10.9 Å². The summed E-state index contributed by atoms with van der Waals surface area (Å²) in [6.07, 6.45) is 6.76. The molecule has 0 fully saturated rings. The van der Waals surface area contributed by atoms with E-state index in [-0.39, 0.29) is 5.76 Å². The minimum Gasteiger partial charge on any atom is -0.508 e. The van der Waals surface area contributed by atoms with E-state index in [4.69, 9.17) is 0 Å². The summed E-state index contributed by atoms with van der Waals surface area (Å²) < 4.78 is 2.22. The van der Waals surface area contributed by atoms with Crippen LogP contribution in [0.3, 0.4) is 0 Å². The summed E-state index contributed by atoms with van der Waals surface area (Å²) in [5.41, 5.74) is 2.43. The van der Waals surface area contributed by atoms with E-state index >= 15 is 0 Å². The van der Waals surface area contributed by atoms with Crippen LogP contribution in [0.2, 0.25) is 0 Å². The van der Waals surface area contributed by atoms with Crippen molar-refractivity contribution in [3.63, 3.8) is 0 Å². The van der Waals surface area contributed by atoms with Crippen LogP contribution in [0.1, 0.15) is 5.69 Å². The molecule has 0 saturated heterocycles. The molecule has 2 heteroatoms. The number of hydrogen-bond donors (Lipinski definition) is 1. The number of aliphatic hydroxyl groups is 1. The second kappa shape index (κ2) is 5.41. The van der Waals surface area contributed by atoms with Crippen molar-refractivity contribution in [3.8, 4) is 0 Å². The van der Waals surface area contributed by atoms with Gasteiger partial charge >= 0.3 is 0 Å². The number of rotatable bonds is 4. The van der Waals surface area contributed by atoms with Gasteiger partial charge in [-0.05, 0) is 36.6 Å². The highest BCUT2D eigenvalue weighted by Gasteiger charge is 2.02. The molecule has 0 aliphatic rings. The van der Waals surface area contributed by atoms with E-state index in [1.54, 1.807) is 18.2 Å². The fourth-order valence-corrected chi connectivity index (χ4v) is 2.05. The Morgan fingerprint density at radius 2 is 2.17 bits per heavy atom. The van der Waals surface area contributed by atoms with Crippen molar-refractivity contribution < 1.29 is 5.11 Å². The number of benzene rings is 1. The van der Waals surface area contributed by atoms with Crippen LogP contribution < -0.4 is 0 Å². The molecule has 0 radical (unpaired) electrons. The highest BCUT2D eigenvalue weighted by atomic mass is 16.3. The topological polar surface area (TPSA) is 25.2 Å². The van der Waals surface area contributed by atoms with Crippen molar-refractivity contribution in [1.82, 2.24) is 4.57 Å². The highest BCUT2D eigenvalue weighted by Crippen LogP contribution is 2.19. The lowest BCUT2D eigenvalue weighted by atomic mass is 10.2. The molecule has 0 aliphatic carbocycles. The number of nitrogens with zero attached hydrogens (tertiary/aromatic N) is 1. The number of aliphatic hydroxyl groups excluding tert-OH is 1. The zero-order valence-corrected chi connectivity index (χ0v) is 10.5. The fourth-order valence-electron chi connectivity index (χ4n) is 2.05. The average molecular weight is 239 g/mol. The first-order chi connectivity index (χ1) is 8.72. The van der Waals surface area contributed by atoms with Gasteiger partial charge < -0.3 is 9.67 Å². The summed E-state index contributed by atoms with van der Waals surface area (Å²) in [4.78, 5) is 0. The first kappa shape index (κ1) is 12.2. The van der Waals surface area contributed by atoms with E-state index in [2.05, 4.69) is 36.3 Å². The lowest BCUT2D eigenvalue weighted by Crippen LogP contribution is -1.96. The molecule has 0 atom stereocenters. The smallest absolute Gasteiger partial charge is 0.115 e. The van der Waals surface area contributed by atoms with Crippen LogP contribution >= 0.6 is 0 Å². The van der Waals surface area contributed by atoms with Gasteiger partial charge in [-0.2, -0.15) is 0 Å². The largest absolute Gasteiger partial charge is 0.508 e. The Morgan fingerprint density at radius 3 is 2.94 bits per heavy atom. The molecule has 0 aliphatic heterocycles. The summed E-state index contributed by atoms with van der Waals surface area (Å²) in [5, 5.41) is 10.7. The molecule has 0 unspecified atom stereocenters. The monoisotopic (exact) mass is 239 g/mol. The normalized spacial score (nSPS) is 12.4. The summed E-state index contributed by atoms with van der Waals surface area (Å²) in [6.45, 7) is 6.37. The lowest BCUT2D eigenvalue weighted by Gasteiger charge is -2.04. The third-order valence-corrected chi connectivity index (χ3v) is 2.88. The van der Waals surface area contributed by atoms with E-state index in [0.29, 0.717) is 0 Å². The van der Waals surface area contributed by atoms with Crippen LogP contribution in [0.4, 0.5) is 0 Å². The van der Waals surface area contributed by atoms with Gasteiger partial charge in [0.15, 0.2) is 0 Å². The Morgan fingerprint density at radius 1 is 1.39 bits per heavy atom. The number of allylic oxidation sites excluding steroid dienone is 4. The number of aryl methyl sites for hydroxylation is 1. The molecule has 18 heavy (non-hydrogen) atoms. The molecule has 92 valence electrons. The Labute approximate surface area is 107 Å².